The normalized spacial score (nSPS) is 30.1. The summed E-state index contributed by atoms with van der Waals surface area (Å²) in [5.74, 6) is 0. The lowest BCUT2D eigenvalue weighted by atomic mass is 10.0. The summed E-state index contributed by atoms with van der Waals surface area (Å²) in [7, 11) is 0. The molecule has 1 N–H and O–H groups in total. The molecule has 6 heteroatoms. The molecule has 2 heterocycles. The van der Waals surface area contributed by atoms with Gasteiger partial charge in [-0.3, -0.25) is 4.90 Å². The van der Waals surface area contributed by atoms with Crippen molar-refractivity contribution in [3.8, 4) is 0 Å². The molecule has 2 fully saturated rings. The van der Waals surface area contributed by atoms with Crippen LogP contribution in [-0.4, -0.2) is 41.9 Å². The molecule has 22 heavy (non-hydrogen) atoms. The third-order valence-corrected chi connectivity index (χ3v) is 4.47. The molecule has 3 nitrogen and oxygen atoms in total. The SMILES string of the molecule is O[C@@H]1C[C@H](c2ccc(C(F)(F)F)cc2)N(C[C@H]2CCCO2)C1. The molecule has 0 amide bonds. The first kappa shape index (κ1) is 15.8. The van der Waals surface area contributed by atoms with Crippen LogP contribution in [0, 0.1) is 0 Å². The standard InChI is InChI=1S/C16H20F3NO2/c17-16(18,19)12-5-3-11(4-6-12)15-8-13(21)9-20(15)10-14-2-1-7-22-14/h3-6,13-15,21H,1-2,7-10H2/t13-,14-,15-/m1/s1. The zero-order chi connectivity index (χ0) is 15.7. The van der Waals surface area contributed by atoms with E-state index in [9.17, 15) is 18.3 Å². The molecule has 0 aromatic heterocycles. The number of hydrogen-bond acceptors (Lipinski definition) is 3. The molecule has 122 valence electrons. The van der Waals surface area contributed by atoms with Crippen molar-refractivity contribution in [2.24, 2.45) is 0 Å². The summed E-state index contributed by atoms with van der Waals surface area (Å²) in [5.41, 5.74) is 0.183. The third-order valence-electron chi connectivity index (χ3n) is 4.47. The van der Waals surface area contributed by atoms with Gasteiger partial charge < -0.3 is 9.84 Å². The smallest absolute Gasteiger partial charge is 0.392 e. The minimum Gasteiger partial charge on any atom is -0.392 e. The highest BCUT2D eigenvalue weighted by Gasteiger charge is 2.35. The van der Waals surface area contributed by atoms with E-state index < -0.39 is 17.8 Å². The summed E-state index contributed by atoms with van der Waals surface area (Å²) < 4.78 is 43.5. The van der Waals surface area contributed by atoms with Crippen LogP contribution in [-0.2, 0) is 10.9 Å². The van der Waals surface area contributed by atoms with Gasteiger partial charge in [0, 0.05) is 25.7 Å². The number of rotatable bonds is 3. The summed E-state index contributed by atoms with van der Waals surface area (Å²) in [6, 6.07) is 5.23. The van der Waals surface area contributed by atoms with Gasteiger partial charge in [0.2, 0.25) is 0 Å². The average molecular weight is 315 g/mol. The molecule has 2 aliphatic rings. The van der Waals surface area contributed by atoms with Gasteiger partial charge in [0.15, 0.2) is 0 Å². The quantitative estimate of drug-likeness (QED) is 0.931. The zero-order valence-corrected chi connectivity index (χ0v) is 12.2. The van der Waals surface area contributed by atoms with Crippen LogP contribution in [0.4, 0.5) is 13.2 Å². The first-order valence-electron chi connectivity index (χ1n) is 7.64. The number of aliphatic hydroxyl groups is 1. The second-order valence-corrected chi connectivity index (χ2v) is 6.11. The molecule has 3 rings (SSSR count). The van der Waals surface area contributed by atoms with Gasteiger partial charge in [-0.25, -0.2) is 0 Å². The maximum atomic E-state index is 12.6. The molecule has 3 atom stereocenters. The molecule has 2 aliphatic heterocycles. The first-order chi connectivity index (χ1) is 10.4. The third kappa shape index (κ3) is 3.45. The van der Waals surface area contributed by atoms with Crippen LogP contribution in [0.3, 0.4) is 0 Å². The highest BCUT2D eigenvalue weighted by Crippen LogP contribution is 2.35. The van der Waals surface area contributed by atoms with Crippen molar-refractivity contribution in [1.82, 2.24) is 4.90 Å². The van der Waals surface area contributed by atoms with Crippen LogP contribution in [0.2, 0.25) is 0 Å². The number of nitrogens with zero attached hydrogens (tertiary/aromatic N) is 1. The molecule has 0 bridgehead atoms. The maximum absolute atomic E-state index is 12.6. The van der Waals surface area contributed by atoms with Gasteiger partial charge in [-0.1, -0.05) is 12.1 Å². The van der Waals surface area contributed by atoms with Crippen LogP contribution < -0.4 is 0 Å². The van der Waals surface area contributed by atoms with E-state index in [-0.39, 0.29) is 12.1 Å². The second kappa shape index (κ2) is 6.18. The van der Waals surface area contributed by atoms with E-state index in [1.807, 2.05) is 0 Å². The Labute approximate surface area is 127 Å². The van der Waals surface area contributed by atoms with E-state index in [0.29, 0.717) is 13.0 Å². The van der Waals surface area contributed by atoms with E-state index in [1.165, 1.54) is 12.1 Å². The van der Waals surface area contributed by atoms with Crippen molar-refractivity contribution >= 4 is 0 Å². The van der Waals surface area contributed by atoms with Crippen LogP contribution in [0.25, 0.3) is 0 Å². The van der Waals surface area contributed by atoms with Crippen LogP contribution in [0.5, 0.6) is 0 Å². The summed E-state index contributed by atoms with van der Waals surface area (Å²) in [6.45, 7) is 2.04. The summed E-state index contributed by atoms with van der Waals surface area (Å²) in [4.78, 5) is 2.13. The van der Waals surface area contributed by atoms with Crippen LogP contribution >= 0.6 is 0 Å². The number of benzene rings is 1. The van der Waals surface area contributed by atoms with Gasteiger partial charge in [0.05, 0.1) is 17.8 Å². The molecule has 0 aliphatic carbocycles. The summed E-state index contributed by atoms with van der Waals surface area (Å²) in [5, 5.41) is 9.93. The molecule has 1 aromatic rings. The van der Waals surface area contributed by atoms with Crippen molar-refractivity contribution in [2.75, 3.05) is 19.7 Å². The van der Waals surface area contributed by atoms with Crippen molar-refractivity contribution in [3.63, 3.8) is 0 Å². The predicted molar refractivity (Wildman–Crippen MR) is 75.4 cm³/mol. The van der Waals surface area contributed by atoms with Crippen LogP contribution in [0.1, 0.15) is 36.4 Å². The summed E-state index contributed by atoms with van der Waals surface area (Å²) in [6.07, 6.45) is -1.97. The summed E-state index contributed by atoms with van der Waals surface area (Å²) >= 11 is 0. The Morgan fingerprint density at radius 3 is 2.55 bits per heavy atom. The molecular weight excluding hydrogens is 295 g/mol. The number of ether oxygens (including phenoxy) is 1. The average Bonchev–Trinajstić information content (AvgIpc) is 3.08. The highest BCUT2D eigenvalue weighted by atomic mass is 19.4. The highest BCUT2D eigenvalue weighted by molar-refractivity contribution is 5.27. The van der Waals surface area contributed by atoms with Crippen molar-refractivity contribution in [1.29, 1.82) is 0 Å². The van der Waals surface area contributed by atoms with Gasteiger partial charge in [0.25, 0.3) is 0 Å². The van der Waals surface area contributed by atoms with E-state index in [2.05, 4.69) is 4.90 Å². The second-order valence-electron chi connectivity index (χ2n) is 6.11. The monoisotopic (exact) mass is 315 g/mol. The molecule has 2 saturated heterocycles. The maximum Gasteiger partial charge on any atom is 0.416 e. The molecule has 0 saturated carbocycles. The van der Waals surface area contributed by atoms with E-state index in [4.69, 9.17) is 4.74 Å². The van der Waals surface area contributed by atoms with Crippen LogP contribution in [0.15, 0.2) is 24.3 Å². The Morgan fingerprint density at radius 1 is 1.23 bits per heavy atom. The number of hydrogen-bond donors (Lipinski definition) is 1. The predicted octanol–water partition coefficient (Wildman–Crippen LogP) is 2.99. The Kier molecular flexibility index (Phi) is 4.43. The fraction of sp³-hybridized carbons (Fsp3) is 0.625. The number of halogens is 3. The lowest BCUT2D eigenvalue weighted by Gasteiger charge is -2.27. The Morgan fingerprint density at radius 2 is 1.95 bits per heavy atom. The van der Waals surface area contributed by atoms with Crippen molar-refractivity contribution in [2.45, 2.75) is 43.7 Å². The lowest BCUT2D eigenvalue weighted by molar-refractivity contribution is -0.137. The Balaban J connectivity index is 1.73. The molecular formula is C16H20F3NO2. The Hall–Kier alpha value is -1.11. The van der Waals surface area contributed by atoms with Gasteiger partial charge in [-0.05, 0) is 37.0 Å². The molecule has 0 unspecified atom stereocenters. The fourth-order valence-electron chi connectivity index (χ4n) is 3.37. The van der Waals surface area contributed by atoms with Gasteiger partial charge in [-0.2, -0.15) is 13.2 Å². The first-order valence-corrected chi connectivity index (χ1v) is 7.64. The lowest BCUT2D eigenvalue weighted by Crippen LogP contribution is -2.32. The number of alkyl halides is 3. The number of aliphatic hydroxyl groups excluding tert-OH is 1. The zero-order valence-electron chi connectivity index (χ0n) is 12.2. The van der Waals surface area contributed by atoms with Gasteiger partial charge in [0.1, 0.15) is 0 Å². The van der Waals surface area contributed by atoms with E-state index in [1.54, 1.807) is 0 Å². The molecule has 0 radical (unpaired) electrons. The van der Waals surface area contributed by atoms with Crippen molar-refractivity contribution in [3.05, 3.63) is 35.4 Å². The molecule has 1 aromatic carbocycles. The fourth-order valence-corrected chi connectivity index (χ4v) is 3.37. The number of β-amino-alcohol motifs (C(OH)–C–C–N with tert-alkyl or cyclic N) is 1. The van der Waals surface area contributed by atoms with Gasteiger partial charge >= 0.3 is 6.18 Å². The minimum atomic E-state index is -4.31. The van der Waals surface area contributed by atoms with E-state index in [0.717, 1.165) is 43.7 Å². The number of likely N-dealkylation sites (tertiary alicyclic amines) is 1. The van der Waals surface area contributed by atoms with Gasteiger partial charge in [-0.15, -0.1) is 0 Å². The largest absolute Gasteiger partial charge is 0.416 e. The topological polar surface area (TPSA) is 32.7 Å². The van der Waals surface area contributed by atoms with E-state index >= 15 is 0 Å². The van der Waals surface area contributed by atoms with Crippen molar-refractivity contribution < 1.29 is 23.0 Å². The Bertz CT molecular complexity index is 497. The minimum absolute atomic E-state index is 0.0403. The molecule has 0 spiro atoms.